The Hall–Kier alpha value is -0.0800. The van der Waals surface area contributed by atoms with Crippen LogP contribution in [0.3, 0.4) is 0 Å². The zero-order valence-electron chi connectivity index (χ0n) is 6.55. The summed E-state index contributed by atoms with van der Waals surface area (Å²) in [5.74, 6) is 0.701. The van der Waals surface area contributed by atoms with Crippen molar-refractivity contribution in [2.45, 2.75) is 32.3 Å². The summed E-state index contributed by atoms with van der Waals surface area (Å²) in [6.07, 6.45) is 3.52. The molecule has 60 valence electrons. The van der Waals surface area contributed by atoms with Gasteiger partial charge in [-0.05, 0) is 25.2 Å². The van der Waals surface area contributed by atoms with E-state index in [9.17, 15) is 0 Å². The van der Waals surface area contributed by atoms with Gasteiger partial charge in [0.25, 0.3) is 0 Å². The van der Waals surface area contributed by atoms with E-state index in [-0.39, 0.29) is 0 Å². The zero-order valence-corrected chi connectivity index (χ0v) is 6.55. The van der Waals surface area contributed by atoms with E-state index in [4.69, 9.17) is 9.84 Å². The molecule has 0 aromatic carbocycles. The number of aliphatic hydroxyl groups is 1. The van der Waals surface area contributed by atoms with E-state index in [1.54, 1.807) is 0 Å². The predicted octanol–water partition coefficient (Wildman–Crippen LogP) is 1.18. The van der Waals surface area contributed by atoms with Gasteiger partial charge in [-0.15, -0.1) is 0 Å². The number of aliphatic hydroxyl groups excluding tert-OH is 1. The van der Waals surface area contributed by atoms with Gasteiger partial charge in [-0.25, -0.2) is 0 Å². The summed E-state index contributed by atoms with van der Waals surface area (Å²) >= 11 is 0. The molecule has 1 heterocycles. The minimum Gasteiger partial charge on any atom is -0.396 e. The molecule has 0 aromatic rings. The van der Waals surface area contributed by atoms with Crippen LogP contribution in [0.5, 0.6) is 0 Å². The molecular weight excluding hydrogens is 128 g/mol. The van der Waals surface area contributed by atoms with E-state index in [0.29, 0.717) is 18.6 Å². The van der Waals surface area contributed by atoms with Crippen LogP contribution in [0.1, 0.15) is 26.2 Å². The van der Waals surface area contributed by atoms with Crippen molar-refractivity contribution in [3.8, 4) is 0 Å². The van der Waals surface area contributed by atoms with Gasteiger partial charge in [-0.2, -0.15) is 0 Å². The lowest BCUT2D eigenvalue weighted by Crippen LogP contribution is -2.13. The van der Waals surface area contributed by atoms with Crippen LogP contribution in [0.2, 0.25) is 0 Å². The van der Waals surface area contributed by atoms with E-state index in [0.717, 1.165) is 19.4 Å². The van der Waals surface area contributed by atoms with Gasteiger partial charge in [-0.1, -0.05) is 6.92 Å². The highest BCUT2D eigenvalue weighted by Gasteiger charge is 2.22. The van der Waals surface area contributed by atoms with Crippen LogP contribution in [-0.4, -0.2) is 24.4 Å². The van der Waals surface area contributed by atoms with Crippen molar-refractivity contribution >= 4 is 0 Å². The molecule has 1 fully saturated rings. The Morgan fingerprint density at radius 1 is 1.60 bits per heavy atom. The molecule has 0 radical (unpaired) electrons. The number of hydrogen-bond acceptors (Lipinski definition) is 2. The van der Waals surface area contributed by atoms with Crippen molar-refractivity contribution in [2.75, 3.05) is 13.2 Å². The molecule has 1 rings (SSSR count). The lowest BCUT2D eigenvalue weighted by Gasteiger charge is -2.12. The van der Waals surface area contributed by atoms with E-state index in [1.807, 2.05) is 0 Å². The molecule has 10 heavy (non-hydrogen) atoms. The first kappa shape index (κ1) is 8.02. The summed E-state index contributed by atoms with van der Waals surface area (Å²) in [4.78, 5) is 0. The van der Waals surface area contributed by atoms with Gasteiger partial charge in [0.2, 0.25) is 0 Å². The van der Waals surface area contributed by atoms with Crippen molar-refractivity contribution in [1.82, 2.24) is 0 Å². The average molecular weight is 144 g/mol. The number of ether oxygens (including phenoxy) is 1. The fourth-order valence-corrected chi connectivity index (χ4v) is 1.42. The normalized spacial score (nSPS) is 33.0. The second kappa shape index (κ2) is 3.94. The van der Waals surface area contributed by atoms with Gasteiger partial charge in [0.15, 0.2) is 0 Å². The molecule has 1 aliphatic rings. The summed E-state index contributed by atoms with van der Waals surface area (Å²) in [7, 11) is 0. The second-order valence-corrected chi connectivity index (χ2v) is 3.04. The maximum absolute atomic E-state index is 8.56. The van der Waals surface area contributed by atoms with Crippen molar-refractivity contribution in [3.63, 3.8) is 0 Å². The molecule has 2 nitrogen and oxygen atoms in total. The molecule has 0 bridgehead atoms. The maximum atomic E-state index is 8.56. The summed E-state index contributed by atoms with van der Waals surface area (Å²) in [6, 6.07) is 0. The molecule has 0 saturated carbocycles. The number of hydrogen-bond donors (Lipinski definition) is 1. The Kier molecular flexibility index (Phi) is 3.16. The molecule has 0 amide bonds. The van der Waals surface area contributed by atoms with Gasteiger partial charge in [0.1, 0.15) is 0 Å². The fourth-order valence-electron chi connectivity index (χ4n) is 1.42. The van der Waals surface area contributed by atoms with Gasteiger partial charge >= 0.3 is 0 Å². The molecule has 0 aromatic heterocycles. The lowest BCUT2D eigenvalue weighted by atomic mass is 10.0. The monoisotopic (exact) mass is 144 g/mol. The SMILES string of the molecule is C[C@H]1CCO[C@H]1CCCO. The van der Waals surface area contributed by atoms with Crippen LogP contribution >= 0.6 is 0 Å². The lowest BCUT2D eigenvalue weighted by molar-refractivity contribution is 0.0803. The Balaban J connectivity index is 2.14. The molecular formula is C8H16O2. The van der Waals surface area contributed by atoms with Crippen LogP contribution < -0.4 is 0 Å². The molecule has 2 heteroatoms. The van der Waals surface area contributed by atoms with Gasteiger partial charge < -0.3 is 9.84 Å². The summed E-state index contributed by atoms with van der Waals surface area (Å²) < 4.78 is 5.46. The second-order valence-electron chi connectivity index (χ2n) is 3.04. The molecule has 0 unspecified atom stereocenters. The van der Waals surface area contributed by atoms with Crippen LogP contribution in [0.25, 0.3) is 0 Å². The first-order chi connectivity index (χ1) is 4.84. The highest BCUT2D eigenvalue weighted by atomic mass is 16.5. The summed E-state index contributed by atoms with van der Waals surface area (Å²) in [5, 5.41) is 8.56. The highest BCUT2D eigenvalue weighted by molar-refractivity contribution is 4.71. The van der Waals surface area contributed by atoms with Crippen molar-refractivity contribution < 1.29 is 9.84 Å². The van der Waals surface area contributed by atoms with Crippen molar-refractivity contribution in [2.24, 2.45) is 5.92 Å². The van der Waals surface area contributed by atoms with Crippen molar-refractivity contribution in [3.05, 3.63) is 0 Å². The van der Waals surface area contributed by atoms with E-state index in [2.05, 4.69) is 6.92 Å². The third-order valence-corrected chi connectivity index (χ3v) is 2.19. The summed E-state index contributed by atoms with van der Waals surface area (Å²) in [5.41, 5.74) is 0. The highest BCUT2D eigenvalue weighted by Crippen LogP contribution is 2.23. The zero-order chi connectivity index (χ0) is 7.40. The molecule has 1 aliphatic heterocycles. The minimum absolute atomic E-state index is 0.298. The van der Waals surface area contributed by atoms with Gasteiger partial charge in [0.05, 0.1) is 6.10 Å². The Morgan fingerprint density at radius 3 is 2.90 bits per heavy atom. The quantitative estimate of drug-likeness (QED) is 0.644. The predicted molar refractivity (Wildman–Crippen MR) is 39.8 cm³/mol. The third kappa shape index (κ3) is 1.96. The molecule has 1 N–H and O–H groups in total. The standard InChI is InChI=1S/C8H16O2/c1-7-4-6-10-8(7)3-2-5-9/h7-9H,2-6H2,1H3/t7-,8-/m0/s1. The average Bonchev–Trinajstić information content (AvgIpc) is 2.31. The van der Waals surface area contributed by atoms with Crippen LogP contribution in [0.4, 0.5) is 0 Å². The summed E-state index contributed by atoms with van der Waals surface area (Å²) in [6.45, 7) is 3.43. The third-order valence-electron chi connectivity index (χ3n) is 2.19. The maximum Gasteiger partial charge on any atom is 0.0602 e. The molecule has 1 saturated heterocycles. The van der Waals surface area contributed by atoms with Crippen molar-refractivity contribution in [1.29, 1.82) is 0 Å². The van der Waals surface area contributed by atoms with Gasteiger partial charge in [-0.3, -0.25) is 0 Å². The Bertz CT molecular complexity index is 93.3. The molecule has 0 aliphatic carbocycles. The first-order valence-electron chi connectivity index (χ1n) is 4.07. The smallest absolute Gasteiger partial charge is 0.0602 e. The Morgan fingerprint density at radius 2 is 2.40 bits per heavy atom. The van der Waals surface area contributed by atoms with E-state index < -0.39 is 0 Å². The van der Waals surface area contributed by atoms with Crippen LogP contribution in [-0.2, 0) is 4.74 Å². The molecule has 2 atom stereocenters. The van der Waals surface area contributed by atoms with Crippen LogP contribution in [0, 0.1) is 5.92 Å². The number of rotatable bonds is 3. The largest absolute Gasteiger partial charge is 0.396 e. The van der Waals surface area contributed by atoms with E-state index in [1.165, 1.54) is 6.42 Å². The minimum atomic E-state index is 0.298. The fraction of sp³-hybridized carbons (Fsp3) is 1.00. The molecule has 0 spiro atoms. The first-order valence-corrected chi connectivity index (χ1v) is 4.07. The van der Waals surface area contributed by atoms with E-state index >= 15 is 0 Å². The topological polar surface area (TPSA) is 29.5 Å². The Labute approximate surface area is 62.2 Å². The van der Waals surface area contributed by atoms with Crippen LogP contribution in [0.15, 0.2) is 0 Å². The van der Waals surface area contributed by atoms with Gasteiger partial charge in [0, 0.05) is 13.2 Å².